The molecule has 2 N–H and O–H groups in total. The first-order valence-corrected chi connectivity index (χ1v) is 6.10. The molecule has 0 amide bonds. The highest BCUT2D eigenvalue weighted by atomic mass is 16.3. The van der Waals surface area contributed by atoms with Crippen LogP contribution in [0.15, 0.2) is 30.6 Å². The van der Waals surface area contributed by atoms with Gasteiger partial charge in [0, 0.05) is 0 Å². The van der Waals surface area contributed by atoms with Crippen LogP contribution in [0, 0.1) is 0 Å². The topological polar surface area (TPSA) is 50.1 Å². The number of imidazole rings is 1. The Morgan fingerprint density at radius 3 is 2.88 bits per heavy atom. The minimum absolute atomic E-state index is 0.589. The van der Waals surface area contributed by atoms with E-state index in [0.29, 0.717) is 6.54 Å². The van der Waals surface area contributed by atoms with Crippen molar-refractivity contribution >= 4 is 11.0 Å². The van der Waals surface area contributed by atoms with Crippen molar-refractivity contribution in [1.82, 2.24) is 14.9 Å². The molecule has 3 rings (SSSR count). The van der Waals surface area contributed by atoms with Crippen LogP contribution < -0.4 is 5.32 Å². The lowest BCUT2D eigenvalue weighted by atomic mass is 9.92. The van der Waals surface area contributed by atoms with E-state index >= 15 is 0 Å². The van der Waals surface area contributed by atoms with E-state index in [1.807, 2.05) is 30.6 Å². The lowest BCUT2D eigenvalue weighted by molar-refractivity contribution is -0.00445. The van der Waals surface area contributed by atoms with Crippen molar-refractivity contribution in [2.75, 3.05) is 13.1 Å². The maximum absolute atomic E-state index is 10.5. The van der Waals surface area contributed by atoms with Crippen LogP contribution in [0.4, 0.5) is 0 Å². The summed E-state index contributed by atoms with van der Waals surface area (Å²) in [4.78, 5) is 4.35. The van der Waals surface area contributed by atoms with Gasteiger partial charge in [0.1, 0.15) is 0 Å². The molecule has 0 saturated carbocycles. The average Bonchev–Trinajstić information content (AvgIpc) is 2.73. The lowest BCUT2D eigenvalue weighted by Gasteiger charge is -2.32. The predicted molar refractivity (Wildman–Crippen MR) is 66.8 cm³/mol. The van der Waals surface area contributed by atoms with E-state index in [4.69, 9.17) is 0 Å². The smallest absolute Gasteiger partial charge is 0.0959 e. The van der Waals surface area contributed by atoms with Crippen molar-refractivity contribution in [1.29, 1.82) is 0 Å². The number of fused-ring (bicyclic) bond motifs is 1. The molecule has 1 aliphatic heterocycles. The molecule has 4 heteroatoms. The Morgan fingerprint density at radius 1 is 1.29 bits per heavy atom. The minimum Gasteiger partial charge on any atom is -0.388 e. The van der Waals surface area contributed by atoms with Crippen LogP contribution in [-0.2, 0) is 6.54 Å². The standard InChI is InChI=1S/C13H17N3O/c17-13(5-7-14-8-6-13)9-16-10-15-11-3-1-2-4-12(11)16/h1-4,10,14,17H,5-9H2. The van der Waals surface area contributed by atoms with Crippen LogP contribution in [-0.4, -0.2) is 33.3 Å². The van der Waals surface area contributed by atoms with E-state index in [9.17, 15) is 5.11 Å². The molecule has 17 heavy (non-hydrogen) atoms. The molecule has 1 aromatic heterocycles. The van der Waals surface area contributed by atoms with Crippen LogP contribution >= 0.6 is 0 Å². The van der Waals surface area contributed by atoms with Crippen LogP contribution in [0.3, 0.4) is 0 Å². The zero-order chi connectivity index (χ0) is 11.7. The van der Waals surface area contributed by atoms with Crippen LogP contribution in [0.5, 0.6) is 0 Å². The zero-order valence-corrected chi connectivity index (χ0v) is 9.76. The number of piperidine rings is 1. The number of benzene rings is 1. The number of rotatable bonds is 2. The first-order chi connectivity index (χ1) is 8.27. The molecule has 2 aromatic rings. The Hall–Kier alpha value is -1.39. The fourth-order valence-corrected chi connectivity index (χ4v) is 2.50. The van der Waals surface area contributed by atoms with E-state index in [1.165, 1.54) is 0 Å². The number of aliphatic hydroxyl groups is 1. The van der Waals surface area contributed by atoms with Gasteiger partial charge in [-0.3, -0.25) is 0 Å². The van der Waals surface area contributed by atoms with E-state index in [2.05, 4.69) is 14.9 Å². The van der Waals surface area contributed by atoms with Crippen molar-refractivity contribution in [2.24, 2.45) is 0 Å². The van der Waals surface area contributed by atoms with E-state index in [-0.39, 0.29) is 0 Å². The Kier molecular flexibility index (Phi) is 2.61. The number of hydrogen-bond donors (Lipinski definition) is 2. The van der Waals surface area contributed by atoms with Gasteiger partial charge in [0.05, 0.1) is 29.5 Å². The molecule has 90 valence electrons. The fraction of sp³-hybridized carbons (Fsp3) is 0.462. The molecule has 0 atom stereocenters. The van der Waals surface area contributed by atoms with Gasteiger partial charge in [-0.25, -0.2) is 4.98 Å². The predicted octanol–water partition coefficient (Wildman–Crippen LogP) is 1.15. The quantitative estimate of drug-likeness (QED) is 0.815. The van der Waals surface area contributed by atoms with Gasteiger partial charge in [0.25, 0.3) is 0 Å². The highest BCUT2D eigenvalue weighted by Gasteiger charge is 2.29. The average molecular weight is 231 g/mol. The molecule has 2 heterocycles. The van der Waals surface area contributed by atoms with E-state index in [1.54, 1.807) is 0 Å². The summed E-state index contributed by atoms with van der Waals surface area (Å²) in [7, 11) is 0. The van der Waals surface area contributed by atoms with Gasteiger partial charge in [0.2, 0.25) is 0 Å². The SMILES string of the molecule is OC1(Cn2cnc3ccccc32)CCNCC1. The van der Waals surface area contributed by atoms with Gasteiger partial charge < -0.3 is 15.0 Å². The maximum atomic E-state index is 10.5. The van der Waals surface area contributed by atoms with Gasteiger partial charge in [0.15, 0.2) is 0 Å². The molecule has 1 fully saturated rings. The Morgan fingerprint density at radius 2 is 2.06 bits per heavy atom. The Balaban J connectivity index is 1.89. The van der Waals surface area contributed by atoms with Crippen molar-refractivity contribution in [2.45, 2.75) is 25.0 Å². The van der Waals surface area contributed by atoms with Crippen LogP contribution in [0.25, 0.3) is 11.0 Å². The van der Waals surface area contributed by atoms with E-state index < -0.39 is 5.60 Å². The first kappa shape index (κ1) is 10.7. The number of nitrogens with one attached hydrogen (secondary N) is 1. The molecule has 1 saturated heterocycles. The minimum atomic E-state index is -0.589. The maximum Gasteiger partial charge on any atom is 0.0959 e. The fourth-order valence-electron chi connectivity index (χ4n) is 2.50. The second kappa shape index (κ2) is 4.13. The van der Waals surface area contributed by atoms with Gasteiger partial charge >= 0.3 is 0 Å². The summed E-state index contributed by atoms with van der Waals surface area (Å²) in [5, 5.41) is 13.8. The molecular formula is C13H17N3O. The van der Waals surface area contributed by atoms with E-state index in [0.717, 1.165) is 37.0 Å². The number of nitrogens with zero attached hydrogens (tertiary/aromatic N) is 2. The monoisotopic (exact) mass is 231 g/mol. The molecule has 0 radical (unpaired) electrons. The summed E-state index contributed by atoms with van der Waals surface area (Å²) < 4.78 is 2.06. The summed E-state index contributed by atoms with van der Waals surface area (Å²) in [6.45, 7) is 2.42. The number of aromatic nitrogens is 2. The van der Waals surface area contributed by atoms with Crippen molar-refractivity contribution < 1.29 is 5.11 Å². The summed E-state index contributed by atoms with van der Waals surface area (Å²) >= 11 is 0. The van der Waals surface area contributed by atoms with Gasteiger partial charge in [-0.15, -0.1) is 0 Å². The second-order valence-corrected chi connectivity index (χ2v) is 4.84. The first-order valence-electron chi connectivity index (χ1n) is 6.10. The molecule has 0 aliphatic carbocycles. The molecule has 0 bridgehead atoms. The Bertz CT molecular complexity index is 514. The second-order valence-electron chi connectivity index (χ2n) is 4.84. The third-order valence-corrected chi connectivity index (χ3v) is 3.53. The number of hydrogen-bond acceptors (Lipinski definition) is 3. The molecule has 1 aromatic carbocycles. The third kappa shape index (κ3) is 2.06. The summed E-state index contributed by atoms with van der Waals surface area (Å²) in [5.74, 6) is 0. The summed E-state index contributed by atoms with van der Waals surface area (Å²) in [6.07, 6.45) is 3.43. The van der Waals surface area contributed by atoms with Gasteiger partial charge in [-0.1, -0.05) is 12.1 Å². The molecule has 0 unspecified atom stereocenters. The zero-order valence-electron chi connectivity index (χ0n) is 9.76. The third-order valence-electron chi connectivity index (χ3n) is 3.53. The van der Waals surface area contributed by atoms with Crippen molar-refractivity contribution in [3.8, 4) is 0 Å². The van der Waals surface area contributed by atoms with Crippen molar-refractivity contribution in [3.05, 3.63) is 30.6 Å². The van der Waals surface area contributed by atoms with Crippen molar-refractivity contribution in [3.63, 3.8) is 0 Å². The normalized spacial score (nSPS) is 19.6. The molecular weight excluding hydrogens is 214 g/mol. The highest BCUT2D eigenvalue weighted by molar-refractivity contribution is 5.74. The Labute approximate surface area is 100 Å². The van der Waals surface area contributed by atoms with Gasteiger partial charge in [-0.05, 0) is 38.1 Å². The van der Waals surface area contributed by atoms with Gasteiger partial charge in [-0.2, -0.15) is 0 Å². The van der Waals surface area contributed by atoms with Crippen LogP contribution in [0.2, 0.25) is 0 Å². The molecule has 1 aliphatic rings. The summed E-state index contributed by atoms with van der Waals surface area (Å²) in [5.41, 5.74) is 1.50. The number of para-hydroxylation sites is 2. The highest BCUT2D eigenvalue weighted by Crippen LogP contribution is 2.22. The van der Waals surface area contributed by atoms with Crippen LogP contribution in [0.1, 0.15) is 12.8 Å². The lowest BCUT2D eigenvalue weighted by Crippen LogP contribution is -2.44. The largest absolute Gasteiger partial charge is 0.388 e. The summed E-state index contributed by atoms with van der Waals surface area (Å²) in [6, 6.07) is 8.04. The molecule has 4 nitrogen and oxygen atoms in total. The molecule has 0 spiro atoms.